The molecule has 10 nitrogen and oxygen atoms in total. The van der Waals surface area contributed by atoms with Crippen molar-refractivity contribution in [3.63, 3.8) is 0 Å². The smallest absolute Gasteiger partial charge is 0.478 e. The molecule has 0 aliphatic carbocycles. The van der Waals surface area contributed by atoms with E-state index in [0.717, 1.165) is 11.5 Å². The Balaban J connectivity index is 1.51. The number of nitrogens with one attached hydrogen (secondary N) is 2. The molecule has 5 rings (SSSR count). The molecule has 0 radical (unpaired) electrons. The number of carbonyl (C=O) groups is 3. The molecule has 3 N–H and O–H groups in total. The summed E-state index contributed by atoms with van der Waals surface area (Å²) >= 11 is 0. The van der Waals surface area contributed by atoms with E-state index in [9.17, 15) is 32.7 Å². The summed E-state index contributed by atoms with van der Waals surface area (Å²) in [6.45, 7) is 6.21. The maximum Gasteiger partial charge on any atom is 0.573 e. The number of carboxylic acids is 1. The average molecular weight is 613 g/mol. The van der Waals surface area contributed by atoms with Gasteiger partial charge in [-0.05, 0) is 59.5 Å². The number of halogens is 3. The first-order valence-electron chi connectivity index (χ1n) is 14.0. The molecule has 1 unspecified atom stereocenters. The maximum absolute atomic E-state index is 13.6. The lowest BCUT2D eigenvalue weighted by Gasteiger charge is -2.30. The molecular formula is C31H31F3N4O6. The highest BCUT2D eigenvalue weighted by Crippen LogP contribution is 2.39. The van der Waals surface area contributed by atoms with Crippen LogP contribution in [0.25, 0.3) is 32.9 Å². The molecule has 1 aliphatic rings. The van der Waals surface area contributed by atoms with Crippen LogP contribution in [0.4, 0.5) is 18.0 Å². The second kappa shape index (κ2) is 11.7. The van der Waals surface area contributed by atoms with Gasteiger partial charge in [0, 0.05) is 17.5 Å². The van der Waals surface area contributed by atoms with Crippen LogP contribution in [0.15, 0.2) is 48.5 Å². The van der Waals surface area contributed by atoms with E-state index in [-0.39, 0.29) is 34.9 Å². The molecule has 232 valence electrons. The molecule has 44 heavy (non-hydrogen) atoms. The number of carboxylic acid groups (broad SMARTS) is 1. The Hall–Kier alpha value is -4.81. The van der Waals surface area contributed by atoms with Gasteiger partial charge in [-0.3, -0.25) is 4.79 Å². The summed E-state index contributed by atoms with van der Waals surface area (Å²) in [6.07, 6.45) is -5.05. The van der Waals surface area contributed by atoms with Gasteiger partial charge in [-0.2, -0.15) is 0 Å². The van der Waals surface area contributed by atoms with Gasteiger partial charge in [-0.1, -0.05) is 39.0 Å². The number of alkyl carbamates (subject to hydrolysis) is 1. The molecule has 2 heterocycles. The predicted molar refractivity (Wildman–Crippen MR) is 155 cm³/mol. The fraction of sp³-hybridized carbons (Fsp3) is 0.355. The Morgan fingerprint density at radius 1 is 1.11 bits per heavy atom. The molecule has 0 saturated carbocycles. The van der Waals surface area contributed by atoms with Crippen LogP contribution in [0.2, 0.25) is 0 Å². The summed E-state index contributed by atoms with van der Waals surface area (Å²) in [7, 11) is 1.24. The first-order valence-corrected chi connectivity index (χ1v) is 14.0. The summed E-state index contributed by atoms with van der Waals surface area (Å²) in [5, 5.41) is 13.3. The van der Waals surface area contributed by atoms with Crippen molar-refractivity contribution in [3.8, 4) is 16.9 Å². The number of amides is 2. The van der Waals surface area contributed by atoms with Crippen molar-refractivity contribution in [3.05, 3.63) is 59.9 Å². The zero-order valence-corrected chi connectivity index (χ0v) is 24.4. The van der Waals surface area contributed by atoms with E-state index < -0.39 is 30.2 Å². The largest absolute Gasteiger partial charge is 0.573 e. The van der Waals surface area contributed by atoms with E-state index in [2.05, 4.69) is 15.0 Å². The molecule has 1 saturated heterocycles. The van der Waals surface area contributed by atoms with Crippen molar-refractivity contribution in [2.24, 2.45) is 11.8 Å². The van der Waals surface area contributed by atoms with E-state index in [1.165, 1.54) is 19.2 Å². The highest BCUT2D eigenvalue weighted by molar-refractivity contribution is 6.05. The highest BCUT2D eigenvalue weighted by atomic mass is 19.4. The number of alkyl halides is 3. The van der Waals surface area contributed by atoms with Gasteiger partial charge in [0.05, 0.1) is 29.7 Å². The van der Waals surface area contributed by atoms with Gasteiger partial charge in [-0.25, -0.2) is 14.6 Å². The number of aromatic carboxylic acids is 1. The number of hydrogen-bond acceptors (Lipinski definition) is 6. The van der Waals surface area contributed by atoms with Crippen LogP contribution < -0.4 is 10.1 Å². The second-order valence-electron chi connectivity index (χ2n) is 11.3. The molecule has 13 heteroatoms. The van der Waals surface area contributed by atoms with Crippen molar-refractivity contribution < 1.29 is 42.1 Å². The monoisotopic (exact) mass is 612 g/mol. The Morgan fingerprint density at radius 2 is 1.86 bits per heavy atom. The molecular weight excluding hydrogens is 581 g/mol. The van der Waals surface area contributed by atoms with Crippen LogP contribution in [-0.2, 0) is 9.53 Å². The number of nitrogens with zero attached hydrogens (tertiary/aromatic N) is 2. The quantitative estimate of drug-likeness (QED) is 0.224. The summed E-state index contributed by atoms with van der Waals surface area (Å²) < 4.78 is 48.4. The Labute approximate surface area is 250 Å². The van der Waals surface area contributed by atoms with Crippen LogP contribution in [0, 0.1) is 11.8 Å². The van der Waals surface area contributed by atoms with Crippen molar-refractivity contribution in [1.29, 1.82) is 0 Å². The second-order valence-corrected chi connectivity index (χ2v) is 11.3. The van der Waals surface area contributed by atoms with Crippen LogP contribution in [0.1, 0.15) is 49.4 Å². The number of hydrogen-bond donors (Lipinski definition) is 3. The number of imidazole rings is 1. The minimum absolute atomic E-state index is 0.0754. The van der Waals surface area contributed by atoms with E-state index in [4.69, 9.17) is 9.72 Å². The molecule has 1 aromatic heterocycles. The van der Waals surface area contributed by atoms with Gasteiger partial charge in [0.1, 0.15) is 17.6 Å². The number of carbonyl (C=O) groups excluding carboxylic acids is 2. The third-order valence-corrected chi connectivity index (χ3v) is 7.75. The molecule has 3 atom stereocenters. The maximum atomic E-state index is 13.6. The van der Waals surface area contributed by atoms with Crippen LogP contribution in [0.3, 0.4) is 0 Å². The van der Waals surface area contributed by atoms with E-state index in [1.807, 2.05) is 20.8 Å². The average Bonchev–Trinajstić information content (AvgIpc) is 3.57. The lowest BCUT2D eigenvalue weighted by atomic mass is 9.98. The third-order valence-electron chi connectivity index (χ3n) is 7.75. The predicted octanol–water partition coefficient (Wildman–Crippen LogP) is 6.27. The van der Waals surface area contributed by atoms with Crippen LogP contribution in [-0.4, -0.2) is 64.0 Å². The van der Waals surface area contributed by atoms with Gasteiger partial charge in [0.25, 0.3) is 0 Å². The topological polar surface area (TPSA) is 134 Å². The Bertz CT molecular complexity index is 1750. The fourth-order valence-corrected chi connectivity index (χ4v) is 5.68. The number of H-pyrrole nitrogens is 1. The lowest BCUT2D eigenvalue weighted by Crippen LogP contribution is -2.51. The third kappa shape index (κ3) is 6.12. The van der Waals surface area contributed by atoms with E-state index in [0.29, 0.717) is 40.8 Å². The highest BCUT2D eigenvalue weighted by Gasteiger charge is 2.40. The molecule has 1 fully saturated rings. The Morgan fingerprint density at radius 3 is 2.52 bits per heavy atom. The summed E-state index contributed by atoms with van der Waals surface area (Å²) in [5.74, 6) is -1.66. The number of rotatable bonds is 7. The summed E-state index contributed by atoms with van der Waals surface area (Å²) in [4.78, 5) is 46.9. The number of aromatic amines is 1. The SMILES string of the molecule is COC(=O)NC(C(=O)N1C[C@@H](C)C[C@H]1c1nc2c(ccc3cc(-c4ccc(C(=O)O)cc4OC(F)(F)F)ccc32)[nH]1)C(C)C. The van der Waals surface area contributed by atoms with Crippen molar-refractivity contribution in [2.75, 3.05) is 13.7 Å². The fourth-order valence-electron chi connectivity index (χ4n) is 5.68. The number of methoxy groups -OCH3 is 1. The minimum Gasteiger partial charge on any atom is -0.478 e. The van der Waals surface area contributed by atoms with Gasteiger partial charge >= 0.3 is 18.4 Å². The molecule has 3 aromatic carbocycles. The summed E-state index contributed by atoms with van der Waals surface area (Å²) in [6, 6.07) is 10.8. The molecule has 1 aliphatic heterocycles. The molecule has 2 amide bonds. The summed E-state index contributed by atoms with van der Waals surface area (Å²) in [5.41, 5.74) is 1.47. The van der Waals surface area contributed by atoms with Crippen LogP contribution >= 0.6 is 0 Å². The van der Waals surface area contributed by atoms with Crippen molar-refractivity contribution in [1.82, 2.24) is 20.2 Å². The van der Waals surface area contributed by atoms with Crippen molar-refractivity contribution in [2.45, 2.75) is 45.6 Å². The molecule has 0 bridgehead atoms. The van der Waals surface area contributed by atoms with Gasteiger partial charge in [0.15, 0.2) is 0 Å². The first kappa shape index (κ1) is 30.6. The van der Waals surface area contributed by atoms with Crippen LogP contribution in [0.5, 0.6) is 5.75 Å². The normalized spacial score (nSPS) is 17.7. The number of ether oxygens (including phenoxy) is 2. The zero-order chi connectivity index (χ0) is 31.9. The van der Waals surface area contributed by atoms with Gasteiger partial charge in [-0.15, -0.1) is 13.2 Å². The molecule has 0 spiro atoms. The molecule has 4 aromatic rings. The van der Waals surface area contributed by atoms with Crippen molar-refractivity contribution >= 4 is 39.8 Å². The minimum atomic E-state index is -5.02. The van der Waals surface area contributed by atoms with Gasteiger partial charge in [0.2, 0.25) is 5.91 Å². The first-order chi connectivity index (χ1) is 20.8. The standard InChI is InChI=1S/C31H31F3N4O6/c1-15(2)25(37-30(42)43-4)28(39)38-14-16(3)11-23(38)27-35-22-10-7-18-12-17(5-9-21(18)26(22)36-27)20-8-6-19(29(40)41)13-24(20)44-31(32,33)34/h5-10,12-13,15-16,23,25H,11,14H2,1-4H3,(H,35,36)(H,37,42)(H,40,41)/t16-,23-,25?/m0/s1. The van der Waals surface area contributed by atoms with E-state index in [1.54, 1.807) is 35.2 Å². The van der Waals surface area contributed by atoms with Gasteiger partial charge < -0.3 is 29.8 Å². The van der Waals surface area contributed by atoms with E-state index >= 15 is 0 Å². The number of likely N-dealkylation sites (tertiary alicyclic amines) is 1. The number of fused-ring (bicyclic) bond motifs is 3. The Kier molecular flexibility index (Phi) is 8.15. The number of benzene rings is 3. The zero-order valence-electron chi connectivity index (χ0n) is 24.4. The lowest BCUT2D eigenvalue weighted by molar-refractivity contribution is -0.274. The number of aromatic nitrogens is 2.